The monoisotopic (exact) mass is 440 g/mol. The maximum absolute atomic E-state index is 13.6. The van der Waals surface area contributed by atoms with E-state index in [9.17, 15) is 9.59 Å². The molecule has 2 heterocycles. The van der Waals surface area contributed by atoms with Gasteiger partial charge in [-0.1, -0.05) is 42.0 Å². The Morgan fingerprint density at radius 2 is 1.64 bits per heavy atom. The highest BCUT2D eigenvalue weighted by molar-refractivity contribution is 6.36. The molecule has 166 valence electrons. The van der Waals surface area contributed by atoms with Crippen molar-refractivity contribution in [3.05, 3.63) is 94.2 Å². The van der Waals surface area contributed by atoms with E-state index in [-0.39, 0.29) is 25.2 Å². The van der Waals surface area contributed by atoms with Crippen LogP contribution in [-0.2, 0) is 16.1 Å². The van der Waals surface area contributed by atoms with Crippen LogP contribution in [0.3, 0.4) is 0 Å². The molecule has 0 spiro atoms. The summed E-state index contributed by atoms with van der Waals surface area (Å²) in [6.07, 6.45) is 0. The normalized spacial score (nSPS) is 14.9. The zero-order valence-electron chi connectivity index (χ0n) is 18.8. The molecule has 0 aliphatic carbocycles. The average molecular weight is 440 g/mol. The highest BCUT2D eigenvalue weighted by Gasteiger charge is 2.39. The van der Waals surface area contributed by atoms with Gasteiger partial charge in [0, 0.05) is 5.69 Å². The molecule has 0 radical (unpaired) electrons. The molecule has 3 aromatic carbocycles. The minimum atomic E-state index is -0.353. The van der Waals surface area contributed by atoms with Gasteiger partial charge >= 0.3 is 0 Å². The number of hydrogen-bond acceptors (Lipinski definition) is 5. The summed E-state index contributed by atoms with van der Waals surface area (Å²) in [4.78, 5) is 28.4. The van der Waals surface area contributed by atoms with Crippen LogP contribution in [-0.4, -0.2) is 23.5 Å². The molecule has 0 saturated heterocycles. The Labute approximate surface area is 192 Å². The number of rotatable bonds is 5. The second kappa shape index (κ2) is 8.13. The summed E-state index contributed by atoms with van der Waals surface area (Å²) in [6.45, 7) is 6.26. The van der Waals surface area contributed by atoms with Gasteiger partial charge < -0.3 is 14.8 Å². The zero-order valence-corrected chi connectivity index (χ0v) is 18.8. The van der Waals surface area contributed by atoms with Gasteiger partial charge in [-0.05, 0) is 67.3 Å². The molecule has 2 aliphatic rings. The van der Waals surface area contributed by atoms with E-state index >= 15 is 0 Å². The predicted molar refractivity (Wildman–Crippen MR) is 126 cm³/mol. The topological polar surface area (TPSA) is 67.9 Å². The molecule has 6 nitrogen and oxygen atoms in total. The quantitative estimate of drug-likeness (QED) is 0.581. The first kappa shape index (κ1) is 20.8. The summed E-state index contributed by atoms with van der Waals surface area (Å²) >= 11 is 0. The minimum absolute atomic E-state index is 0.141. The number of nitrogens with one attached hydrogen (secondary N) is 1. The van der Waals surface area contributed by atoms with E-state index in [1.807, 2.05) is 75.4 Å². The number of carbonyl (C=O) groups excluding carboxylic acids is 2. The van der Waals surface area contributed by atoms with E-state index in [1.165, 1.54) is 4.90 Å². The molecule has 2 aliphatic heterocycles. The van der Waals surface area contributed by atoms with Gasteiger partial charge in [-0.2, -0.15) is 0 Å². The first-order valence-corrected chi connectivity index (χ1v) is 10.8. The maximum atomic E-state index is 13.6. The lowest BCUT2D eigenvalue weighted by atomic mass is 9.97. The van der Waals surface area contributed by atoms with Gasteiger partial charge in [0.15, 0.2) is 11.5 Å². The number of anilines is 1. The molecule has 5 rings (SSSR count). The van der Waals surface area contributed by atoms with Crippen LogP contribution in [0, 0.1) is 20.8 Å². The van der Waals surface area contributed by atoms with E-state index < -0.39 is 0 Å². The number of imide groups is 1. The zero-order chi connectivity index (χ0) is 23.1. The average Bonchev–Trinajstić information content (AvgIpc) is 3.33. The molecule has 0 bridgehead atoms. The molecule has 1 N–H and O–H groups in total. The van der Waals surface area contributed by atoms with Gasteiger partial charge in [-0.15, -0.1) is 0 Å². The van der Waals surface area contributed by atoms with Crippen LogP contribution in [0.5, 0.6) is 11.5 Å². The molecule has 6 heteroatoms. The summed E-state index contributed by atoms with van der Waals surface area (Å²) in [5.41, 5.74) is 6.08. The third-order valence-electron chi connectivity index (χ3n) is 5.88. The Balaban J connectivity index is 1.54. The fourth-order valence-electron chi connectivity index (χ4n) is 4.27. The number of hydrogen-bond donors (Lipinski definition) is 1. The number of aryl methyl sites for hydroxylation is 3. The van der Waals surface area contributed by atoms with Gasteiger partial charge in [0.05, 0.1) is 12.1 Å². The lowest BCUT2D eigenvalue weighted by Crippen LogP contribution is -2.32. The summed E-state index contributed by atoms with van der Waals surface area (Å²) in [5.74, 6) is 0.606. The number of nitrogens with zero attached hydrogens (tertiary/aromatic N) is 1. The van der Waals surface area contributed by atoms with Gasteiger partial charge in [-0.25, -0.2) is 0 Å². The second-order valence-electron chi connectivity index (χ2n) is 8.45. The van der Waals surface area contributed by atoms with E-state index in [4.69, 9.17) is 9.47 Å². The molecule has 3 aromatic rings. The van der Waals surface area contributed by atoms with E-state index in [0.717, 1.165) is 33.5 Å². The van der Waals surface area contributed by atoms with Crippen molar-refractivity contribution in [3.63, 3.8) is 0 Å². The molecule has 33 heavy (non-hydrogen) atoms. The van der Waals surface area contributed by atoms with Crippen LogP contribution in [0.15, 0.2) is 66.4 Å². The van der Waals surface area contributed by atoms with Crippen molar-refractivity contribution in [2.24, 2.45) is 0 Å². The molecule has 0 unspecified atom stereocenters. The smallest absolute Gasteiger partial charge is 0.278 e. The standard InChI is InChI=1S/C27H24N2O4/c1-16-5-4-6-20(12-16)28-25-24(21-9-7-17(2)11-18(21)3)26(30)29(27(25)31)14-19-8-10-22-23(13-19)33-15-32-22/h4-13,28H,14-15H2,1-3H3. The van der Waals surface area contributed by atoms with E-state index in [2.05, 4.69) is 5.32 Å². The highest BCUT2D eigenvalue weighted by atomic mass is 16.7. The summed E-state index contributed by atoms with van der Waals surface area (Å²) in [7, 11) is 0. The second-order valence-corrected chi connectivity index (χ2v) is 8.45. The van der Waals surface area contributed by atoms with Crippen molar-refractivity contribution in [3.8, 4) is 11.5 Å². The maximum Gasteiger partial charge on any atom is 0.278 e. The molecular formula is C27H24N2O4. The lowest BCUT2D eigenvalue weighted by Gasteiger charge is -2.16. The molecule has 0 saturated carbocycles. The van der Waals surface area contributed by atoms with Gasteiger partial charge in [0.25, 0.3) is 11.8 Å². The fourth-order valence-corrected chi connectivity index (χ4v) is 4.27. The van der Waals surface area contributed by atoms with Crippen LogP contribution >= 0.6 is 0 Å². The SMILES string of the molecule is Cc1cccc(NC2=C(c3ccc(C)cc3C)C(=O)N(Cc3ccc4c(c3)OCO4)C2=O)c1. The summed E-state index contributed by atoms with van der Waals surface area (Å²) in [5, 5.41) is 3.23. The van der Waals surface area contributed by atoms with Crippen LogP contribution in [0.25, 0.3) is 5.57 Å². The number of carbonyl (C=O) groups is 2. The third-order valence-corrected chi connectivity index (χ3v) is 5.88. The first-order valence-electron chi connectivity index (χ1n) is 10.8. The predicted octanol–water partition coefficient (Wildman–Crippen LogP) is 4.73. The van der Waals surface area contributed by atoms with Crippen molar-refractivity contribution in [2.75, 3.05) is 12.1 Å². The Bertz CT molecular complexity index is 1330. The van der Waals surface area contributed by atoms with Crippen LogP contribution < -0.4 is 14.8 Å². The Morgan fingerprint density at radius 3 is 2.42 bits per heavy atom. The van der Waals surface area contributed by atoms with Crippen molar-refractivity contribution in [1.29, 1.82) is 0 Å². The van der Waals surface area contributed by atoms with Crippen molar-refractivity contribution >= 4 is 23.1 Å². The number of amides is 2. The molecule has 2 amide bonds. The fraction of sp³-hybridized carbons (Fsp3) is 0.185. The van der Waals surface area contributed by atoms with Crippen molar-refractivity contribution in [1.82, 2.24) is 4.90 Å². The first-order chi connectivity index (χ1) is 15.9. The van der Waals surface area contributed by atoms with Crippen molar-refractivity contribution < 1.29 is 19.1 Å². The van der Waals surface area contributed by atoms with Crippen molar-refractivity contribution in [2.45, 2.75) is 27.3 Å². The van der Waals surface area contributed by atoms with Gasteiger partial charge in [0.2, 0.25) is 6.79 Å². The van der Waals surface area contributed by atoms with Crippen LogP contribution in [0.1, 0.15) is 27.8 Å². The third kappa shape index (κ3) is 3.84. The largest absolute Gasteiger partial charge is 0.454 e. The molecular weight excluding hydrogens is 416 g/mol. The minimum Gasteiger partial charge on any atom is -0.454 e. The highest BCUT2D eigenvalue weighted by Crippen LogP contribution is 2.36. The van der Waals surface area contributed by atoms with Crippen LogP contribution in [0.4, 0.5) is 5.69 Å². The van der Waals surface area contributed by atoms with Crippen LogP contribution in [0.2, 0.25) is 0 Å². The van der Waals surface area contributed by atoms with Gasteiger partial charge in [0.1, 0.15) is 5.70 Å². The summed E-state index contributed by atoms with van der Waals surface area (Å²) in [6, 6.07) is 19.1. The molecule has 0 atom stereocenters. The number of ether oxygens (including phenoxy) is 2. The van der Waals surface area contributed by atoms with E-state index in [1.54, 1.807) is 6.07 Å². The Hall–Kier alpha value is -4.06. The van der Waals surface area contributed by atoms with Gasteiger partial charge in [-0.3, -0.25) is 14.5 Å². The summed E-state index contributed by atoms with van der Waals surface area (Å²) < 4.78 is 10.8. The number of fused-ring (bicyclic) bond motifs is 1. The molecule has 0 fully saturated rings. The number of benzene rings is 3. The lowest BCUT2D eigenvalue weighted by molar-refractivity contribution is -0.137. The Kier molecular flexibility index (Phi) is 5.13. The molecule has 0 aromatic heterocycles. The Morgan fingerprint density at radius 1 is 0.848 bits per heavy atom. The van der Waals surface area contributed by atoms with E-state index in [0.29, 0.717) is 22.8 Å².